The fraction of sp³-hybridized carbons (Fsp3) is 0.360. The molecule has 33 heavy (non-hydrogen) atoms. The second kappa shape index (κ2) is 9.54. The number of carbonyl (C=O) groups is 1. The number of methoxy groups -OCH3 is 3. The molecule has 1 amide bonds. The summed E-state index contributed by atoms with van der Waals surface area (Å²) >= 11 is 0. The molecule has 174 valence electrons. The van der Waals surface area contributed by atoms with Gasteiger partial charge in [-0.05, 0) is 43.2 Å². The van der Waals surface area contributed by atoms with E-state index in [0.717, 1.165) is 0 Å². The standard InChI is InChI=1S/C25H27NO7/c1-5-32-12-8-11-26-21(15-13-18(29-2)23(31-4)19(14-15)30-3)20-22(27)16-9-6-7-10-17(16)33-24(20)25(26)28/h6-7,9-10,13-14,21H,5,8,11-12H2,1-4H3/t21-/m0/s1. The van der Waals surface area contributed by atoms with Gasteiger partial charge in [-0.15, -0.1) is 0 Å². The molecule has 0 bridgehead atoms. The number of rotatable bonds is 9. The Morgan fingerprint density at radius 3 is 2.33 bits per heavy atom. The molecule has 3 aromatic rings. The molecule has 0 fully saturated rings. The average Bonchev–Trinajstić information content (AvgIpc) is 3.12. The molecule has 0 radical (unpaired) electrons. The van der Waals surface area contributed by atoms with Crippen LogP contribution in [-0.2, 0) is 4.74 Å². The smallest absolute Gasteiger partial charge is 0.290 e. The molecule has 0 saturated heterocycles. The summed E-state index contributed by atoms with van der Waals surface area (Å²) < 4.78 is 27.9. The van der Waals surface area contributed by atoms with Crippen molar-refractivity contribution in [2.24, 2.45) is 0 Å². The van der Waals surface area contributed by atoms with Gasteiger partial charge in [-0.25, -0.2) is 0 Å². The Balaban J connectivity index is 1.91. The predicted octanol–water partition coefficient (Wildman–Crippen LogP) is 3.79. The zero-order valence-electron chi connectivity index (χ0n) is 19.2. The number of fused-ring (bicyclic) bond motifs is 2. The van der Waals surface area contributed by atoms with Crippen molar-refractivity contribution in [1.29, 1.82) is 0 Å². The van der Waals surface area contributed by atoms with E-state index in [2.05, 4.69) is 0 Å². The van der Waals surface area contributed by atoms with Crippen LogP contribution in [0.15, 0.2) is 45.6 Å². The van der Waals surface area contributed by atoms with Crippen molar-refractivity contribution in [1.82, 2.24) is 4.90 Å². The van der Waals surface area contributed by atoms with Crippen molar-refractivity contribution in [3.05, 3.63) is 63.5 Å². The van der Waals surface area contributed by atoms with Gasteiger partial charge in [-0.1, -0.05) is 12.1 Å². The molecule has 1 aliphatic rings. The van der Waals surface area contributed by atoms with E-state index in [1.54, 1.807) is 41.3 Å². The van der Waals surface area contributed by atoms with Crippen molar-refractivity contribution in [2.75, 3.05) is 41.1 Å². The minimum absolute atomic E-state index is 0.0638. The van der Waals surface area contributed by atoms with Crippen molar-refractivity contribution < 1.29 is 28.2 Å². The first-order valence-corrected chi connectivity index (χ1v) is 10.8. The highest BCUT2D eigenvalue weighted by Gasteiger charge is 2.43. The topological polar surface area (TPSA) is 87.4 Å². The Bertz CT molecular complexity index is 1210. The van der Waals surface area contributed by atoms with Crippen LogP contribution in [0.5, 0.6) is 17.2 Å². The molecule has 0 N–H and O–H groups in total. The second-order valence-electron chi connectivity index (χ2n) is 7.58. The van der Waals surface area contributed by atoms with E-state index < -0.39 is 6.04 Å². The molecule has 2 aromatic carbocycles. The van der Waals surface area contributed by atoms with Crippen molar-refractivity contribution >= 4 is 16.9 Å². The minimum Gasteiger partial charge on any atom is -0.493 e. The van der Waals surface area contributed by atoms with Gasteiger partial charge in [0, 0.05) is 19.8 Å². The molecule has 1 aliphatic heterocycles. The van der Waals surface area contributed by atoms with Crippen LogP contribution < -0.4 is 19.6 Å². The van der Waals surface area contributed by atoms with E-state index >= 15 is 0 Å². The summed E-state index contributed by atoms with van der Waals surface area (Å²) in [5.74, 6) is 1.04. The van der Waals surface area contributed by atoms with E-state index in [-0.39, 0.29) is 17.1 Å². The molecule has 0 spiro atoms. The lowest BCUT2D eigenvalue weighted by molar-refractivity contribution is 0.0695. The fourth-order valence-electron chi connectivity index (χ4n) is 4.28. The summed E-state index contributed by atoms with van der Waals surface area (Å²) in [4.78, 5) is 28.6. The number of nitrogens with zero attached hydrogens (tertiary/aromatic N) is 1. The Hall–Kier alpha value is -3.52. The monoisotopic (exact) mass is 453 g/mol. The van der Waals surface area contributed by atoms with Gasteiger partial charge in [0.25, 0.3) is 5.91 Å². The number of hydrogen-bond acceptors (Lipinski definition) is 7. The number of para-hydroxylation sites is 1. The molecule has 8 nitrogen and oxygen atoms in total. The third-order valence-electron chi connectivity index (χ3n) is 5.77. The first-order chi connectivity index (χ1) is 16.0. The maximum absolute atomic E-state index is 13.6. The average molecular weight is 453 g/mol. The molecular formula is C25H27NO7. The summed E-state index contributed by atoms with van der Waals surface area (Å²) in [5.41, 5.74) is 1.13. The zero-order chi connectivity index (χ0) is 23.5. The van der Waals surface area contributed by atoms with Gasteiger partial charge in [0.05, 0.1) is 38.3 Å². The molecule has 1 aromatic heterocycles. The van der Waals surface area contributed by atoms with Crippen LogP contribution >= 0.6 is 0 Å². The Morgan fingerprint density at radius 1 is 1.00 bits per heavy atom. The minimum atomic E-state index is -0.663. The van der Waals surface area contributed by atoms with Gasteiger partial charge < -0.3 is 28.3 Å². The van der Waals surface area contributed by atoms with Crippen LogP contribution in [0.1, 0.15) is 41.1 Å². The maximum Gasteiger partial charge on any atom is 0.290 e. The number of ether oxygens (including phenoxy) is 4. The SMILES string of the molecule is CCOCCCN1C(=O)c2oc3ccccc3c(=O)c2[C@@H]1c1cc(OC)c(OC)c(OC)c1. The summed E-state index contributed by atoms with van der Waals surface area (Å²) in [6.07, 6.45) is 0.613. The summed E-state index contributed by atoms with van der Waals surface area (Å²) in [5, 5.41) is 0.428. The molecule has 0 aliphatic carbocycles. The van der Waals surface area contributed by atoms with Crippen LogP contribution in [0, 0.1) is 0 Å². The van der Waals surface area contributed by atoms with Crippen LogP contribution in [0.25, 0.3) is 11.0 Å². The van der Waals surface area contributed by atoms with Gasteiger partial charge in [-0.3, -0.25) is 9.59 Å². The fourth-order valence-corrected chi connectivity index (χ4v) is 4.28. The summed E-state index contributed by atoms with van der Waals surface area (Å²) in [7, 11) is 4.57. The molecule has 8 heteroatoms. The zero-order valence-corrected chi connectivity index (χ0v) is 19.2. The van der Waals surface area contributed by atoms with Crippen LogP contribution in [-0.4, -0.2) is 51.9 Å². The number of hydrogen-bond donors (Lipinski definition) is 0. The van der Waals surface area contributed by atoms with Crippen LogP contribution in [0.3, 0.4) is 0 Å². The largest absolute Gasteiger partial charge is 0.493 e. The van der Waals surface area contributed by atoms with Gasteiger partial charge >= 0.3 is 0 Å². The lowest BCUT2D eigenvalue weighted by Gasteiger charge is -2.26. The highest BCUT2D eigenvalue weighted by Crippen LogP contribution is 2.45. The molecular weight excluding hydrogens is 426 g/mol. The third-order valence-corrected chi connectivity index (χ3v) is 5.77. The molecule has 0 saturated carbocycles. The lowest BCUT2D eigenvalue weighted by Crippen LogP contribution is -2.31. The van der Waals surface area contributed by atoms with Gasteiger partial charge in [0.1, 0.15) is 5.58 Å². The Morgan fingerprint density at radius 2 is 1.70 bits per heavy atom. The number of carbonyl (C=O) groups excluding carboxylic acids is 1. The molecule has 1 atom stereocenters. The first kappa shape index (κ1) is 22.7. The summed E-state index contributed by atoms with van der Waals surface area (Å²) in [6.45, 7) is 3.40. The highest BCUT2D eigenvalue weighted by atomic mass is 16.5. The van der Waals surface area contributed by atoms with Crippen LogP contribution in [0.2, 0.25) is 0 Å². The van der Waals surface area contributed by atoms with Gasteiger partial charge in [-0.2, -0.15) is 0 Å². The van der Waals surface area contributed by atoms with E-state index in [1.807, 2.05) is 6.92 Å². The lowest BCUT2D eigenvalue weighted by atomic mass is 9.97. The second-order valence-corrected chi connectivity index (χ2v) is 7.58. The summed E-state index contributed by atoms with van der Waals surface area (Å²) in [6, 6.07) is 9.80. The van der Waals surface area contributed by atoms with Crippen molar-refractivity contribution in [2.45, 2.75) is 19.4 Å². The molecule has 4 rings (SSSR count). The van der Waals surface area contributed by atoms with E-state index in [4.69, 9.17) is 23.4 Å². The first-order valence-electron chi connectivity index (χ1n) is 10.8. The van der Waals surface area contributed by atoms with Gasteiger partial charge in [0.2, 0.25) is 11.5 Å². The van der Waals surface area contributed by atoms with E-state index in [1.165, 1.54) is 21.3 Å². The third kappa shape index (κ3) is 3.91. The van der Waals surface area contributed by atoms with Crippen LogP contribution in [0.4, 0.5) is 0 Å². The quantitative estimate of drug-likeness (QED) is 0.456. The normalized spacial score (nSPS) is 15.1. The van der Waals surface area contributed by atoms with Crippen molar-refractivity contribution in [3.63, 3.8) is 0 Å². The van der Waals surface area contributed by atoms with Crippen molar-refractivity contribution in [3.8, 4) is 17.2 Å². The Labute approximate surface area is 191 Å². The highest BCUT2D eigenvalue weighted by molar-refractivity contribution is 5.99. The van der Waals surface area contributed by atoms with Gasteiger partial charge in [0.15, 0.2) is 16.9 Å². The van der Waals surface area contributed by atoms with E-state index in [9.17, 15) is 9.59 Å². The Kier molecular flexibility index (Phi) is 6.55. The number of benzene rings is 2. The predicted molar refractivity (Wildman–Crippen MR) is 123 cm³/mol. The maximum atomic E-state index is 13.6. The number of amides is 1. The van der Waals surface area contributed by atoms with E-state index in [0.29, 0.717) is 65.5 Å². The molecule has 2 heterocycles. The molecule has 0 unspecified atom stereocenters.